The lowest BCUT2D eigenvalue weighted by Crippen LogP contribution is -2.05. The number of benzene rings is 2. The average Bonchev–Trinajstić information content (AvgIpc) is 3.09. The van der Waals surface area contributed by atoms with Crippen LogP contribution in [-0.4, -0.2) is 23.6 Å². The molecule has 0 saturated heterocycles. The van der Waals surface area contributed by atoms with Crippen LogP contribution in [0.25, 0.3) is 0 Å². The molecule has 2 heterocycles. The van der Waals surface area contributed by atoms with Crippen LogP contribution in [-0.2, 0) is 0 Å². The van der Waals surface area contributed by atoms with Gasteiger partial charge in [-0.15, -0.1) is 0 Å². The summed E-state index contributed by atoms with van der Waals surface area (Å²) in [4.78, 5) is 8.53. The second-order valence-corrected chi connectivity index (χ2v) is 5.78. The number of hydrogen-bond donors (Lipinski definition) is 2. The lowest BCUT2D eigenvalue weighted by atomic mass is 9.95. The Balaban J connectivity index is 1.72. The first kappa shape index (κ1) is 15.4. The second-order valence-electron chi connectivity index (χ2n) is 5.78. The number of hydrogen-bond acceptors (Lipinski definition) is 5. The Hall–Kier alpha value is -3.15. The quantitative estimate of drug-likeness (QED) is 0.754. The Morgan fingerprint density at radius 3 is 2.76 bits per heavy atom. The predicted molar refractivity (Wildman–Crippen MR) is 94.8 cm³/mol. The third-order valence-corrected chi connectivity index (χ3v) is 4.30. The van der Waals surface area contributed by atoms with Gasteiger partial charge in [0.25, 0.3) is 0 Å². The Bertz CT molecular complexity index is 901. The minimum atomic E-state index is -0.443. The van der Waals surface area contributed by atoms with Gasteiger partial charge in [-0.1, -0.05) is 30.3 Å². The van der Waals surface area contributed by atoms with Gasteiger partial charge in [-0.2, -0.15) is 0 Å². The summed E-state index contributed by atoms with van der Waals surface area (Å²) in [6.07, 6.45) is 1.43. The fraction of sp³-hybridized carbons (Fsp3) is 0.158. The number of aromatic nitrogens is 2. The van der Waals surface area contributed by atoms with E-state index in [0.717, 1.165) is 16.9 Å². The summed E-state index contributed by atoms with van der Waals surface area (Å²) in [5, 5.41) is 6.17. The van der Waals surface area contributed by atoms with Crippen molar-refractivity contribution in [1.29, 1.82) is 0 Å². The molecule has 1 unspecified atom stereocenters. The zero-order valence-corrected chi connectivity index (χ0v) is 13.7. The molecule has 0 fully saturated rings. The van der Waals surface area contributed by atoms with Crippen molar-refractivity contribution in [2.24, 2.45) is 0 Å². The van der Waals surface area contributed by atoms with Gasteiger partial charge in [-0.25, -0.2) is 14.4 Å². The number of nitrogens with one attached hydrogen (secondary N) is 2. The molecule has 1 aromatic heterocycles. The summed E-state index contributed by atoms with van der Waals surface area (Å²) >= 11 is 0. The summed E-state index contributed by atoms with van der Waals surface area (Å²) < 4.78 is 20.1. The van der Waals surface area contributed by atoms with E-state index in [1.165, 1.54) is 12.4 Å². The zero-order chi connectivity index (χ0) is 17.2. The molecule has 3 aromatic rings. The number of anilines is 2. The van der Waals surface area contributed by atoms with Crippen LogP contribution in [0.2, 0.25) is 0 Å². The van der Waals surface area contributed by atoms with Crippen molar-refractivity contribution in [1.82, 2.24) is 9.97 Å². The smallest absolute Gasteiger partial charge is 0.228 e. The summed E-state index contributed by atoms with van der Waals surface area (Å²) in [6, 6.07) is 14.8. The first-order valence-corrected chi connectivity index (χ1v) is 8.05. The van der Waals surface area contributed by atoms with Gasteiger partial charge in [0.15, 0.2) is 11.6 Å². The van der Waals surface area contributed by atoms with E-state index in [0.29, 0.717) is 18.1 Å². The van der Waals surface area contributed by atoms with Crippen LogP contribution in [0.1, 0.15) is 17.0 Å². The van der Waals surface area contributed by atoms with Gasteiger partial charge in [-0.3, -0.25) is 0 Å². The molecule has 4 rings (SSSR count). The van der Waals surface area contributed by atoms with E-state index in [1.54, 1.807) is 19.2 Å². The van der Waals surface area contributed by atoms with Gasteiger partial charge < -0.3 is 15.4 Å². The minimum Gasteiger partial charge on any atom is -0.435 e. The Morgan fingerprint density at radius 1 is 1.16 bits per heavy atom. The van der Waals surface area contributed by atoms with Crippen LogP contribution in [0.4, 0.5) is 15.9 Å². The molecule has 25 heavy (non-hydrogen) atoms. The van der Waals surface area contributed by atoms with E-state index in [4.69, 9.17) is 4.74 Å². The molecule has 1 atom stereocenters. The molecule has 2 aromatic carbocycles. The van der Waals surface area contributed by atoms with Crippen molar-refractivity contribution in [3.05, 3.63) is 71.8 Å². The first-order chi connectivity index (χ1) is 12.3. The third kappa shape index (κ3) is 2.87. The van der Waals surface area contributed by atoms with Crippen LogP contribution in [0.15, 0.2) is 54.9 Å². The Labute approximate surface area is 144 Å². The van der Waals surface area contributed by atoms with Crippen molar-refractivity contribution >= 4 is 11.5 Å². The fourth-order valence-corrected chi connectivity index (χ4v) is 3.03. The lowest BCUT2D eigenvalue weighted by Gasteiger charge is -2.14. The minimum absolute atomic E-state index is 0.0621. The Morgan fingerprint density at radius 2 is 2.00 bits per heavy atom. The molecule has 0 radical (unpaired) electrons. The van der Waals surface area contributed by atoms with Crippen LogP contribution in [0, 0.1) is 5.82 Å². The summed E-state index contributed by atoms with van der Waals surface area (Å²) in [5.74, 6) is 0.859. The number of nitrogens with zero attached hydrogens (tertiary/aromatic N) is 2. The molecule has 5 nitrogen and oxygen atoms in total. The van der Waals surface area contributed by atoms with Gasteiger partial charge in [0.1, 0.15) is 12.1 Å². The molecule has 0 saturated carbocycles. The van der Waals surface area contributed by atoms with Crippen LogP contribution < -0.4 is 15.4 Å². The summed E-state index contributed by atoms with van der Waals surface area (Å²) in [5.41, 5.74) is 2.67. The topological polar surface area (TPSA) is 59.1 Å². The number of ether oxygens (including phenoxy) is 1. The maximum atomic E-state index is 14.3. The van der Waals surface area contributed by atoms with Crippen molar-refractivity contribution in [2.45, 2.75) is 5.92 Å². The average molecular weight is 336 g/mol. The molecular weight excluding hydrogens is 319 g/mol. The molecule has 0 amide bonds. The highest BCUT2D eigenvalue weighted by molar-refractivity contribution is 5.60. The zero-order valence-electron chi connectivity index (χ0n) is 13.7. The van der Waals surface area contributed by atoms with E-state index in [9.17, 15) is 4.39 Å². The molecule has 0 bridgehead atoms. The van der Waals surface area contributed by atoms with Crippen molar-refractivity contribution in [3.8, 4) is 11.6 Å². The van der Waals surface area contributed by atoms with Gasteiger partial charge in [0.2, 0.25) is 5.88 Å². The number of fused-ring (bicyclic) bond motifs is 1. The molecule has 126 valence electrons. The summed E-state index contributed by atoms with van der Waals surface area (Å²) in [7, 11) is 1.74. The third-order valence-electron chi connectivity index (χ3n) is 4.30. The SMILES string of the molecule is CNc1ccc(Oc2ncnc3c2C(c2ccccc2)CN3)c(F)c1. The lowest BCUT2D eigenvalue weighted by molar-refractivity contribution is 0.421. The molecule has 2 N–H and O–H groups in total. The largest absolute Gasteiger partial charge is 0.435 e. The van der Waals surface area contributed by atoms with Gasteiger partial charge in [-0.05, 0) is 17.7 Å². The fourth-order valence-electron chi connectivity index (χ4n) is 3.03. The van der Waals surface area contributed by atoms with E-state index in [2.05, 4.69) is 32.7 Å². The highest BCUT2D eigenvalue weighted by Gasteiger charge is 2.30. The van der Waals surface area contributed by atoms with Crippen LogP contribution >= 0.6 is 0 Å². The maximum Gasteiger partial charge on any atom is 0.228 e. The van der Waals surface area contributed by atoms with Crippen molar-refractivity contribution in [2.75, 3.05) is 24.2 Å². The predicted octanol–water partition coefficient (Wildman–Crippen LogP) is 4.01. The Kier molecular flexibility index (Phi) is 3.93. The highest BCUT2D eigenvalue weighted by Crippen LogP contribution is 2.41. The first-order valence-electron chi connectivity index (χ1n) is 8.05. The van der Waals surface area contributed by atoms with Gasteiger partial charge in [0, 0.05) is 31.3 Å². The second kappa shape index (κ2) is 6.39. The summed E-state index contributed by atoms with van der Waals surface area (Å²) in [6.45, 7) is 0.704. The highest BCUT2D eigenvalue weighted by atomic mass is 19.1. The number of rotatable bonds is 4. The van der Waals surface area contributed by atoms with Crippen molar-refractivity contribution < 1.29 is 9.13 Å². The van der Waals surface area contributed by atoms with Crippen LogP contribution in [0.5, 0.6) is 11.6 Å². The molecule has 0 spiro atoms. The van der Waals surface area contributed by atoms with Crippen molar-refractivity contribution in [3.63, 3.8) is 0 Å². The molecule has 1 aliphatic heterocycles. The maximum absolute atomic E-state index is 14.3. The van der Waals surface area contributed by atoms with E-state index >= 15 is 0 Å². The van der Waals surface area contributed by atoms with Crippen LogP contribution in [0.3, 0.4) is 0 Å². The van der Waals surface area contributed by atoms with Gasteiger partial charge >= 0.3 is 0 Å². The number of halogens is 1. The van der Waals surface area contributed by atoms with E-state index < -0.39 is 5.82 Å². The van der Waals surface area contributed by atoms with Gasteiger partial charge in [0.05, 0.1) is 5.56 Å². The van der Waals surface area contributed by atoms with E-state index in [-0.39, 0.29) is 11.7 Å². The monoisotopic (exact) mass is 336 g/mol. The molecule has 1 aliphatic rings. The standard InChI is InChI=1S/C19H17FN4O/c1-21-13-7-8-16(15(20)9-13)25-19-17-14(12-5-3-2-4-6-12)10-22-18(17)23-11-24-19/h2-9,11,14,21H,10H2,1H3,(H,22,23,24). The van der Waals surface area contributed by atoms with E-state index in [1.807, 2.05) is 18.2 Å². The normalized spacial score (nSPS) is 15.4. The molecule has 0 aliphatic carbocycles. The molecular formula is C19H17FN4O. The molecule has 6 heteroatoms.